The largest absolute Gasteiger partial charge is 0.383 e. The highest BCUT2D eigenvalue weighted by molar-refractivity contribution is 7.90. The number of hydrogen-bond donors (Lipinski definition) is 1. The van der Waals surface area contributed by atoms with Crippen LogP contribution in [0.3, 0.4) is 0 Å². The number of nitrogens with zero attached hydrogens (tertiary/aromatic N) is 4. The Hall–Kier alpha value is -2.52. The zero-order valence-corrected chi connectivity index (χ0v) is 17.0. The van der Waals surface area contributed by atoms with Crippen LogP contribution in [-0.2, 0) is 29.2 Å². The van der Waals surface area contributed by atoms with Crippen molar-refractivity contribution in [1.82, 2.24) is 19.5 Å². The highest BCUT2D eigenvalue weighted by Crippen LogP contribution is 2.37. The molecule has 0 atom stereocenters. The molecule has 0 fully saturated rings. The lowest BCUT2D eigenvalue weighted by molar-refractivity contribution is 0.579. The number of sulfone groups is 1. The molecule has 1 aliphatic rings. The summed E-state index contributed by atoms with van der Waals surface area (Å²) in [4.78, 5) is 15.8. The molecule has 3 aromatic heterocycles. The summed E-state index contributed by atoms with van der Waals surface area (Å²) in [6.45, 7) is 0.200. The van der Waals surface area contributed by atoms with Gasteiger partial charge in [0.25, 0.3) is 0 Å². The predicted octanol–water partition coefficient (Wildman–Crippen LogP) is 2.95. The van der Waals surface area contributed by atoms with Crippen molar-refractivity contribution in [3.63, 3.8) is 0 Å². The van der Waals surface area contributed by atoms with Crippen LogP contribution in [0.15, 0.2) is 29.4 Å². The maximum atomic E-state index is 12.3. The number of nitrogens with two attached hydrogens (primary N) is 1. The molecular formula is C19H19N5O2S2. The smallest absolute Gasteiger partial charge is 0.228 e. The van der Waals surface area contributed by atoms with Crippen LogP contribution in [0.25, 0.3) is 21.3 Å². The maximum Gasteiger partial charge on any atom is 0.228 e. The van der Waals surface area contributed by atoms with Crippen molar-refractivity contribution in [1.29, 1.82) is 0 Å². The van der Waals surface area contributed by atoms with Crippen LogP contribution in [0.5, 0.6) is 0 Å². The number of rotatable bonds is 3. The van der Waals surface area contributed by atoms with Gasteiger partial charge in [-0.2, -0.15) is 0 Å². The fourth-order valence-corrected chi connectivity index (χ4v) is 6.05. The summed E-state index contributed by atoms with van der Waals surface area (Å²) >= 11 is 1.68. The number of anilines is 1. The molecule has 144 valence electrons. The van der Waals surface area contributed by atoms with Gasteiger partial charge in [0.2, 0.25) is 15.0 Å². The number of para-hydroxylation sites is 2. The number of hydrogen-bond acceptors (Lipinski definition) is 7. The van der Waals surface area contributed by atoms with Crippen molar-refractivity contribution in [2.45, 2.75) is 37.4 Å². The monoisotopic (exact) mass is 413 g/mol. The molecule has 0 bridgehead atoms. The van der Waals surface area contributed by atoms with Crippen molar-refractivity contribution in [2.75, 3.05) is 12.0 Å². The molecule has 1 aromatic carbocycles. The van der Waals surface area contributed by atoms with Gasteiger partial charge in [-0.3, -0.25) is 0 Å². The van der Waals surface area contributed by atoms with Crippen LogP contribution in [0.4, 0.5) is 5.82 Å². The van der Waals surface area contributed by atoms with E-state index in [1.54, 1.807) is 22.0 Å². The summed E-state index contributed by atoms with van der Waals surface area (Å²) in [6, 6.07) is 7.34. The summed E-state index contributed by atoms with van der Waals surface area (Å²) in [7, 11) is -3.50. The second-order valence-electron chi connectivity index (χ2n) is 7.16. The van der Waals surface area contributed by atoms with E-state index in [-0.39, 0.29) is 11.7 Å². The van der Waals surface area contributed by atoms with Gasteiger partial charge in [0.15, 0.2) is 5.82 Å². The normalized spacial score (nSPS) is 14.6. The third-order valence-electron chi connectivity index (χ3n) is 5.14. The summed E-state index contributed by atoms with van der Waals surface area (Å²) in [6.07, 6.45) is 5.61. The highest BCUT2D eigenvalue weighted by atomic mass is 32.2. The van der Waals surface area contributed by atoms with Crippen molar-refractivity contribution in [3.8, 4) is 0 Å². The molecule has 1 aliphatic carbocycles. The molecule has 28 heavy (non-hydrogen) atoms. The first kappa shape index (κ1) is 17.6. The zero-order chi connectivity index (χ0) is 19.5. The van der Waals surface area contributed by atoms with E-state index in [1.807, 2.05) is 18.2 Å². The molecule has 0 saturated heterocycles. The number of thiophene rings is 1. The van der Waals surface area contributed by atoms with Gasteiger partial charge in [0, 0.05) is 11.1 Å². The quantitative estimate of drug-likeness (QED) is 0.554. The summed E-state index contributed by atoms with van der Waals surface area (Å²) in [5.41, 5.74) is 8.96. The molecule has 0 unspecified atom stereocenters. The SMILES string of the molecule is CS(=O)(=O)c1nc2ccccc2n1Cc1nc(N)c2c3c(sc2n1)CCCC3. The molecule has 0 spiro atoms. The fourth-order valence-electron chi connectivity index (χ4n) is 3.93. The van der Waals surface area contributed by atoms with Crippen LogP contribution < -0.4 is 5.73 Å². The summed E-state index contributed by atoms with van der Waals surface area (Å²) in [5, 5.41) is 0.990. The molecule has 0 aliphatic heterocycles. The Bertz CT molecular complexity index is 1340. The van der Waals surface area contributed by atoms with Crippen LogP contribution in [0.2, 0.25) is 0 Å². The van der Waals surface area contributed by atoms with Gasteiger partial charge in [-0.25, -0.2) is 23.4 Å². The van der Waals surface area contributed by atoms with Gasteiger partial charge in [-0.1, -0.05) is 12.1 Å². The topological polar surface area (TPSA) is 104 Å². The molecule has 5 rings (SSSR count). The Morgan fingerprint density at radius 1 is 1.14 bits per heavy atom. The van der Waals surface area contributed by atoms with Gasteiger partial charge in [-0.15, -0.1) is 11.3 Å². The van der Waals surface area contributed by atoms with Gasteiger partial charge in [0.05, 0.1) is 23.0 Å². The molecule has 4 aromatic rings. The minimum absolute atomic E-state index is 0.0152. The zero-order valence-electron chi connectivity index (χ0n) is 15.3. The van der Waals surface area contributed by atoms with E-state index in [0.717, 1.165) is 34.8 Å². The Balaban J connectivity index is 1.67. The third-order valence-corrected chi connectivity index (χ3v) is 7.30. The standard InChI is InChI=1S/C19H19N5O2S2/c1-28(25,26)19-21-12-7-3-4-8-13(12)24(19)10-15-22-17(20)16-11-6-2-5-9-14(11)27-18(16)23-15/h3-4,7-8H,2,5-6,9-10H2,1H3,(H2,20,22,23). The first-order chi connectivity index (χ1) is 13.4. The lowest BCUT2D eigenvalue weighted by Gasteiger charge is -2.11. The Labute approximate surface area is 166 Å². The lowest BCUT2D eigenvalue weighted by Crippen LogP contribution is -2.13. The molecular weight excluding hydrogens is 394 g/mol. The van der Waals surface area contributed by atoms with Crippen molar-refractivity contribution < 1.29 is 8.42 Å². The van der Waals surface area contributed by atoms with E-state index in [2.05, 4.69) is 9.97 Å². The number of imidazole rings is 1. The first-order valence-electron chi connectivity index (χ1n) is 9.14. The fraction of sp³-hybridized carbons (Fsp3) is 0.316. The van der Waals surface area contributed by atoms with Gasteiger partial charge in [-0.05, 0) is 43.4 Å². The molecule has 3 heterocycles. The Kier molecular flexibility index (Phi) is 3.92. The Morgan fingerprint density at radius 3 is 2.75 bits per heavy atom. The molecule has 2 N–H and O–H groups in total. The number of aromatic nitrogens is 4. The molecule has 7 nitrogen and oxygen atoms in total. The van der Waals surface area contributed by atoms with E-state index in [9.17, 15) is 8.42 Å². The molecule has 9 heteroatoms. The number of nitrogen functional groups attached to an aromatic ring is 1. The van der Waals surface area contributed by atoms with Crippen molar-refractivity contribution in [3.05, 3.63) is 40.5 Å². The number of fused-ring (bicyclic) bond motifs is 4. The van der Waals surface area contributed by atoms with E-state index in [0.29, 0.717) is 17.2 Å². The van der Waals surface area contributed by atoms with Gasteiger partial charge in [0.1, 0.15) is 10.6 Å². The van der Waals surface area contributed by atoms with Crippen LogP contribution in [0, 0.1) is 0 Å². The number of aryl methyl sites for hydroxylation is 2. The van der Waals surface area contributed by atoms with Crippen molar-refractivity contribution >= 4 is 48.2 Å². The summed E-state index contributed by atoms with van der Waals surface area (Å²) in [5.74, 6) is 0.973. The van der Waals surface area contributed by atoms with E-state index in [4.69, 9.17) is 10.7 Å². The maximum absolute atomic E-state index is 12.3. The first-order valence-corrected chi connectivity index (χ1v) is 11.8. The summed E-state index contributed by atoms with van der Waals surface area (Å²) < 4.78 is 26.2. The molecule has 0 radical (unpaired) electrons. The molecule has 0 saturated carbocycles. The van der Waals surface area contributed by atoms with E-state index in [1.165, 1.54) is 23.3 Å². The molecule has 0 amide bonds. The van der Waals surface area contributed by atoms with E-state index >= 15 is 0 Å². The predicted molar refractivity (Wildman–Crippen MR) is 110 cm³/mol. The average molecular weight is 414 g/mol. The van der Waals surface area contributed by atoms with Crippen molar-refractivity contribution in [2.24, 2.45) is 0 Å². The second kappa shape index (κ2) is 6.25. The minimum Gasteiger partial charge on any atom is -0.383 e. The third kappa shape index (κ3) is 2.77. The number of benzene rings is 1. The van der Waals surface area contributed by atoms with Gasteiger partial charge >= 0.3 is 0 Å². The lowest BCUT2D eigenvalue weighted by atomic mass is 9.97. The van der Waals surface area contributed by atoms with E-state index < -0.39 is 9.84 Å². The van der Waals surface area contributed by atoms with Gasteiger partial charge < -0.3 is 10.3 Å². The highest BCUT2D eigenvalue weighted by Gasteiger charge is 2.23. The Morgan fingerprint density at radius 2 is 1.93 bits per heavy atom. The van der Waals surface area contributed by atoms with Crippen LogP contribution in [-0.4, -0.2) is 34.2 Å². The van der Waals surface area contributed by atoms with Crippen LogP contribution in [0.1, 0.15) is 29.1 Å². The minimum atomic E-state index is -3.50. The van der Waals surface area contributed by atoms with Crippen LogP contribution >= 0.6 is 11.3 Å². The second-order valence-corrected chi connectivity index (χ2v) is 10.2. The average Bonchev–Trinajstić information content (AvgIpc) is 3.20.